The van der Waals surface area contributed by atoms with E-state index < -0.39 is 0 Å². The zero-order valence-corrected chi connectivity index (χ0v) is 22.6. The van der Waals surface area contributed by atoms with Gasteiger partial charge >= 0.3 is 0 Å². The van der Waals surface area contributed by atoms with Crippen molar-refractivity contribution in [1.29, 1.82) is 0 Å². The number of piperazine rings is 1. The lowest BCUT2D eigenvalue weighted by atomic mass is 9.84. The van der Waals surface area contributed by atoms with Crippen LogP contribution in [-0.4, -0.2) is 85.7 Å². The maximum absolute atomic E-state index is 13.3. The van der Waals surface area contributed by atoms with Gasteiger partial charge in [0.15, 0.2) is 5.65 Å². The summed E-state index contributed by atoms with van der Waals surface area (Å²) in [7, 11) is 0. The number of aromatic nitrogens is 5. The molecular formula is C29H40N8O. The quantitative estimate of drug-likeness (QED) is 0.475. The lowest BCUT2D eigenvalue weighted by Crippen LogP contribution is -2.51. The molecule has 5 heterocycles. The van der Waals surface area contributed by atoms with E-state index in [0.29, 0.717) is 18.5 Å². The highest BCUT2D eigenvalue weighted by Gasteiger charge is 2.34. The Morgan fingerprint density at radius 3 is 2.47 bits per heavy atom. The van der Waals surface area contributed by atoms with Crippen molar-refractivity contribution in [2.24, 2.45) is 5.92 Å². The highest BCUT2D eigenvalue weighted by atomic mass is 16.2. The number of nitrogens with zero attached hydrogens (tertiary/aromatic N) is 8. The molecule has 6 rings (SSSR count). The van der Waals surface area contributed by atoms with Crippen LogP contribution in [0.25, 0.3) is 11.0 Å². The third-order valence-electron chi connectivity index (χ3n) is 8.69. The molecule has 0 spiro atoms. The van der Waals surface area contributed by atoms with Gasteiger partial charge in [-0.2, -0.15) is 5.10 Å². The Labute approximate surface area is 225 Å². The molecule has 9 heteroatoms. The summed E-state index contributed by atoms with van der Waals surface area (Å²) >= 11 is 0. The van der Waals surface area contributed by atoms with Crippen LogP contribution >= 0.6 is 0 Å². The average molecular weight is 517 g/mol. The Bertz CT molecular complexity index is 1240. The summed E-state index contributed by atoms with van der Waals surface area (Å²) in [6.45, 7) is 8.33. The van der Waals surface area contributed by atoms with E-state index >= 15 is 0 Å². The van der Waals surface area contributed by atoms with Gasteiger partial charge in [0.2, 0.25) is 5.91 Å². The predicted molar refractivity (Wildman–Crippen MR) is 148 cm³/mol. The molecule has 1 amide bonds. The molecule has 202 valence electrons. The number of hydrogen-bond donors (Lipinski definition) is 0. The van der Waals surface area contributed by atoms with Crippen molar-refractivity contribution in [2.75, 3.05) is 44.2 Å². The molecule has 3 aromatic rings. The number of likely N-dealkylation sites (tertiary alicyclic amines) is 1. The third-order valence-corrected chi connectivity index (χ3v) is 8.69. The molecule has 0 bridgehead atoms. The Hall–Kier alpha value is -3.07. The average Bonchev–Trinajstić information content (AvgIpc) is 3.64. The molecule has 2 aliphatic heterocycles. The second kappa shape index (κ2) is 11.4. The minimum Gasteiger partial charge on any atom is -0.352 e. The number of carbonyl (C=O) groups is 1. The van der Waals surface area contributed by atoms with Crippen LogP contribution < -0.4 is 4.90 Å². The number of carbonyl (C=O) groups excluding carboxylic acids is 1. The molecule has 1 aliphatic carbocycles. The van der Waals surface area contributed by atoms with E-state index in [4.69, 9.17) is 4.98 Å². The first-order valence-electron chi connectivity index (χ1n) is 14.6. The summed E-state index contributed by atoms with van der Waals surface area (Å²) in [5.74, 6) is 1.48. The van der Waals surface area contributed by atoms with E-state index in [9.17, 15) is 4.79 Å². The molecule has 0 atom stereocenters. The first-order valence-corrected chi connectivity index (χ1v) is 14.6. The van der Waals surface area contributed by atoms with Gasteiger partial charge in [-0.05, 0) is 70.2 Å². The van der Waals surface area contributed by atoms with Crippen LogP contribution in [0.5, 0.6) is 0 Å². The number of amides is 1. The molecular weight excluding hydrogens is 476 g/mol. The van der Waals surface area contributed by atoms with E-state index in [1.54, 1.807) is 6.33 Å². The van der Waals surface area contributed by atoms with Gasteiger partial charge in [0.1, 0.15) is 12.1 Å². The predicted octanol–water partition coefficient (Wildman–Crippen LogP) is 3.53. The normalized spacial score (nSPS) is 22.9. The maximum atomic E-state index is 13.3. The van der Waals surface area contributed by atoms with Crippen LogP contribution in [0.4, 0.5) is 5.82 Å². The monoisotopic (exact) mass is 516 g/mol. The number of pyridine rings is 1. The van der Waals surface area contributed by atoms with Crippen LogP contribution in [-0.2, 0) is 17.8 Å². The summed E-state index contributed by atoms with van der Waals surface area (Å²) in [6, 6.07) is 6.90. The largest absolute Gasteiger partial charge is 0.352 e. The molecule has 0 radical (unpaired) electrons. The smallest absolute Gasteiger partial charge is 0.225 e. The first kappa shape index (κ1) is 25.2. The molecule has 9 nitrogen and oxygen atoms in total. The molecule has 0 N–H and O–H groups in total. The minimum atomic E-state index is 0.203. The fourth-order valence-corrected chi connectivity index (χ4v) is 6.61. The van der Waals surface area contributed by atoms with Gasteiger partial charge in [-0.3, -0.25) is 9.78 Å². The second-order valence-corrected chi connectivity index (χ2v) is 11.2. The molecule has 0 aromatic carbocycles. The lowest BCUT2D eigenvalue weighted by molar-refractivity contribution is -0.137. The minimum absolute atomic E-state index is 0.203. The molecule has 38 heavy (non-hydrogen) atoms. The van der Waals surface area contributed by atoms with E-state index in [1.165, 1.54) is 38.8 Å². The Morgan fingerprint density at radius 1 is 0.947 bits per heavy atom. The lowest BCUT2D eigenvalue weighted by Gasteiger charge is -2.39. The van der Waals surface area contributed by atoms with Gasteiger partial charge in [0.05, 0.1) is 23.8 Å². The van der Waals surface area contributed by atoms with Crippen LogP contribution in [0.15, 0.2) is 30.7 Å². The third kappa shape index (κ3) is 5.25. The van der Waals surface area contributed by atoms with E-state index in [0.717, 1.165) is 80.1 Å². The summed E-state index contributed by atoms with van der Waals surface area (Å²) in [6.07, 6.45) is 12.7. The van der Waals surface area contributed by atoms with E-state index in [1.807, 2.05) is 16.9 Å². The van der Waals surface area contributed by atoms with Gasteiger partial charge in [-0.25, -0.2) is 14.6 Å². The van der Waals surface area contributed by atoms with E-state index in [-0.39, 0.29) is 5.92 Å². The van der Waals surface area contributed by atoms with Crippen molar-refractivity contribution in [3.05, 3.63) is 42.1 Å². The SMILES string of the molecule is CCCc1cccc(Cn2ncc3c(N4CCN(C(=O)[C@H]5CC[C@H](N6CCCC6)CC5)CC4)ncnc32)n1. The molecule has 1 saturated carbocycles. The molecule has 3 fully saturated rings. The van der Waals surface area contributed by atoms with Crippen LogP contribution in [0, 0.1) is 5.92 Å². The van der Waals surface area contributed by atoms with Gasteiger partial charge < -0.3 is 14.7 Å². The fourth-order valence-electron chi connectivity index (χ4n) is 6.61. The van der Waals surface area contributed by atoms with Gasteiger partial charge in [-0.15, -0.1) is 0 Å². The van der Waals surface area contributed by atoms with Crippen molar-refractivity contribution < 1.29 is 4.79 Å². The van der Waals surface area contributed by atoms with Crippen molar-refractivity contribution in [1.82, 2.24) is 34.5 Å². The second-order valence-electron chi connectivity index (χ2n) is 11.2. The summed E-state index contributed by atoms with van der Waals surface area (Å²) in [5.41, 5.74) is 2.93. The van der Waals surface area contributed by atoms with Crippen molar-refractivity contribution >= 4 is 22.8 Å². The highest BCUT2D eigenvalue weighted by molar-refractivity contribution is 5.87. The molecule has 2 saturated heterocycles. The van der Waals surface area contributed by atoms with E-state index in [2.05, 4.69) is 48.8 Å². The van der Waals surface area contributed by atoms with Crippen LogP contribution in [0.3, 0.4) is 0 Å². The number of hydrogen-bond acceptors (Lipinski definition) is 7. The van der Waals surface area contributed by atoms with Gasteiger partial charge in [-0.1, -0.05) is 19.4 Å². The first-order chi connectivity index (χ1) is 18.7. The van der Waals surface area contributed by atoms with Crippen molar-refractivity contribution in [3.8, 4) is 0 Å². The van der Waals surface area contributed by atoms with Crippen molar-refractivity contribution in [3.63, 3.8) is 0 Å². The van der Waals surface area contributed by atoms with Crippen molar-refractivity contribution in [2.45, 2.75) is 70.9 Å². The molecule has 0 unspecified atom stereocenters. The zero-order chi connectivity index (χ0) is 25.9. The standard InChI is InChI=1S/C29H40N8O/c1-2-6-23-7-5-8-24(33-23)20-37-28-26(19-32-37)27(30-21-31-28)35-15-17-36(18-16-35)29(38)22-9-11-25(12-10-22)34-13-3-4-14-34/h5,7-8,19,21-22,25H,2-4,6,9-18,20H2,1H3/t22-,25-. The number of aryl methyl sites for hydroxylation is 1. The maximum Gasteiger partial charge on any atom is 0.225 e. The molecule has 3 aliphatic rings. The summed E-state index contributed by atoms with van der Waals surface area (Å²) < 4.78 is 1.91. The topological polar surface area (TPSA) is 83.3 Å². The zero-order valence-electron chi connectivity index (χ0n) is 22.6. The summed E-state index contributed by atoms with van der Waals surface area (Å²) in [5, 5.41) is 5.60. The highest BCUT2D eigenvalue weighted by Crippen LogP contribution is 2.31. The number of rotatable bonds is 7. The Balaban J connectivity index is 1.07. The summed E-state index contributed by atoms with van der Waals surface area (Å²) in [4.78, 5) is 34.3. The number of anilines is 1. The molecule has 3 aromatic heterocycles. The van der Waals surface area contributed by atoms with Gasteiger partial charge in [0.25, 0.3) is 0 Å². The van der Waals surface area contributed by atoms with Gasteiger partial charge in [0, 0.05) is 43.8 Å². The number of fused-ring (bicyclic) bond motifs is 1. The Morgan fingerprint density at radius 2 is 1.71 bits per heavy atom. The van der Waals surface area contributed by atoms with Crippen LogP contribution in [0.2, 0.25) is 0 Å². The fraction of sp³-hybridized carbons (Fsp3) is 0.621. The Kier molecular flexibility index (Phi) is 7.53. The van der Waals surface area contributed by atoms with Crippen LogP contribution in [0.1, 0.15) is 63.3 Å².